The Hall–Kier alpha value is -1.73. The van der Waals surface area contributed by atoms with Crippen LogP contribution in [-0.2, 0) is 4.74 Å². The van der Waals surface area contributed by atoms with E-state index in [1.807, 2.05) is 30.3 Å². The number of halogens is 1. The number of rotatable bonds is 5. The lowest BCUT2D eigenvalue weighted by Gasteiger charge is -2.10. The van der Waals surface area contributed by atoms with Crippen LogP contribution < -0.4 is 0 Å². The zero-order valence-corrected chi connectivity index (χ0v) is 9.97. The van der Waals surface area contributed by atoms with Crippen LogP contribution in [0.2, 0.25) is 0 Å². The van der Waals surface area contributed by atoms with E-state index < -0.39 is 0 Å². The third kappa shape index (κ3) is 4.33. The minimum Gasteiger partial charge on any atom is -0.478 e. The number of oxime groups is 1. The maximum absolute atomic E-state index is 9.05. The molecule has 1 N–H and O–H groups in total. The SMILES string of the molecule is N#CC(CCOC(CCl)=NO)c1ccccc1. The molecular weight excluding hydrogens is 240 g/mol. The first-order valence-corrected chi connectivity index (χ1v) is 5.69. The molecule has 0 aromatic heterocycles. The normalized spacial score (nSPS) is 12.8. The first kappa shape index (κ1) is 13.3. The first-order chi connectivity index (χ1) is 8.31. The van der Waals surface area contributed by atoms with Gasteiger partial charge in [-0.3, -0.25) is 0 Å². The highest BCUT2D eigenvalue weighted by molar-refractivity contribution is 6.27. The Morgan fingerprint density at radius 1 is 1.47 bits per heavy atom. The highest BCUT2D eigenvalue weighted by atomic mass is 35.5. The quantitative estimate of drug-likeness (QED) is 0.288. The number of alkyl halides is 1. The Bertz CT molecular complexity index is 401. The van der Waals surface area contributed by atoms with Gasteiger partial charge in [0.25, 0.3) is 0 Å². The fourth-order valence-corrected chi connectivity index (χ4v) is 1.51. The smallest absolute Gasteiger partial charge is 0.240 e. The molecule has 0 aliphatic carbocycles. The van der Waals surface area contributed by atoms with Crippen molar-refractivity contribution in [2.24, 2.45) is 5.16 Å². The third-order valence-corrected chi connectivity index (χ3v) is 2.49. The molecule has 0 saturated carbocycles. The molecule has 1 rings (SSSR count). The number of ether oxygens (including phenoxy) is 1. The number of benzene rings is 1. The summed E-state index contributed by atoms with van der Waals surface area (Å²) in [5.41, 5.74) is 0.951. The van der Waals surface area contributed by atoms with E-state index in [1.54, 1.807) is 0 Å². The second kappa shape index (κ2) is 7.53. The molecule has 0 aliphatic rings. The molecule has 90 valence electrons. The molecule has 1 atom stereocenters. The van der Waals surface area contributed by atoms with Crippen molar-refractivity contribution in [2.75, 3.05) is 12.5 Å². The Kier molecular flexibility index (Phi) is 5.91. The van der Waals surface area contributed by atoms with Gasteiger partial charge in [0.05, 0.1) is 18.6 Å². The van der Waals surface area contributed by atoms with Crippen molar-refractivity contribution in [2.45, 2.75) is 12.3 Å². The molecule has 0 radical (unpaired) electrons. The number of hydrogen-bond acceptors (Lipinski definition) is 4. The van der Waals surface area contributed by atoms with E-state index in [0.717, 1.165) is 5.56 Å². The van der Waals surface area contributed by atoms with Crippen LogP contribution in [0.5, 0.6) is 0 Å². The molecule has 0 aliphatic heterocycles. The average molecular weight is 253 g/mol. The van der Waals surface area contributed by atoms with E-state index in [9.17, 15) is 0 Å². The summed E-state index contributed by atoms with van der Waals surface area (Å²) in [6.07, 6.45) is 0.524. The van der Waals surface area contributed by atoms with E-state index in [4.69, 9.17) is 26.8 Å². The van der Waals surface area contributed by atoms with Gasteiger partial charge in [-0.2, -0.15) is 5.26 Å². The molecular formula is C12H13ClN2O2. The zero-order chi connectivity index (χ0) is 12.5. The van der Waals surface area contributed by atoms with Crippen molar-refractivity contribution in [3.05, 3.63) is 35.9 Å². The number of nitrogens with zero attached hydrogens (tertiary/aromatic N) is 2. The summed E-state index contributed by atoms with van der Waals surface area (Å²) in [6, 6.07) is 11.7. The topological polar surface area (TPSA) is 65.6 Å². The summed E-state index contributed by atoms with van der Waals surface area (Å²) in [5.74, 6) is -0.151. The standard InChI is InChI=1S/C12H13ClN2O2/c13-8-12(15-16)17-7-6-11(9-14)10-4-2-1-3-5-10/h1-5,11,16H,6-8H2. The lowest BCUT2D eigenvalue weighted by Crippen LogP contribution is -2.10. The molecule has 1 unspecified atom stereocenters. The highest BCUT2D eigenvalue weighted by Gasteiger charge is 2.10. The summed E-state index contributed by atoms with van der Waals surface area (Å²) in [5, 5.41) is 20.4. The van der Waals surface area contributed by atoms with Gasteiger partial charge in [0, 0.05) is 6.42 Å². The highest BCUT2D eigenvalue weighted by Crippen LogP contribution is 2.18. The average Bonchev–Trinajstić information content (AvgIpc) is 2.40. The van der Waals surface area contributed by atoms with E-state index in [0.29, 0.717) is 13.0 Å². The Morgan fingerprint density at radius 3 is 2.71 bits per heavy atom. The molecule has 0 amide bonds. The summed E-state index contributed by atoms with van der Waals surface area (Å²) in [4.78, 5) is 0. The Labute approximate surface area is 105 Å². The van der Waals surface area contributed by atoms with Gasteiger partial charge in [0.1, 0.15) is 5.88 Å². The molecule has 0 heterocycles. The molecule has 4 nitrogen and oxygen atoms in total. The molecule has 5 heteroatoms. The molecule has 0 spiro atoms. The van der Waals surface area contributed by atoms with Gasteiger partial charge in [-0.1, -0.05) is 35.5 Å². The van der Waals surface area contributed by atoms with Crippen molar-refractivity contribution in [1.82, 2.24) is 0 Å². The lowest BCUT2D eigenvalue weighted by molar-refractivity contribution is 0.248. The van der Waals surface area contributed by atoms with E-state index in [2.05, 4.69) is 11.2 Å². The summed E-state index contributed by atoms with van der Waals surface area (Å²) >= 11 is 5.45. The van der Waals surface area contributed by atoms with Gasteiger partial charge in [-0.15, -0.1) is 11.6 Å². The minimum absolute atomic E-state index is 0.0130. The zero-order valence-electron chi connectivity index (χ0n) is 9.21. The van der Waals surface area contributed by atoms with Crippen LogP contribution in [-0.4, -0.2) is 23.6 Å². The lowest BCUT2D eigenvalue weighted by atomic mass is 9.98. The van der Waals surface area contributed by atoms with Crippen molar-refractivity contribution < 1.29 is 9.94 Å². The predicted octanol–water partition coefficient (Wildman–Crippen LogP) is 2.73. The fourth-order valence-electron chi connectivity index (χ4n) is 1.38. The first-order valence-electron chi connectivity index (χ1n) is 5.16. The monoisotopic (exact) mass is 252 g/mol. The largest absolute Gasteiger partial charge is 0.478 e. The van der Waals surface area contributed by atoms with Gasteiger partial charge in [0.2, 0.25) is 5.90 Å². The number of nitriles is 1. The van der Waals surface area contributed by atoms with Crippen molar-refractivity contribution >= 4 is 17.5 Å². The Balaban J connectivity index is 2.47. The van der Waals surface area contributed by atoms with Gasteiger partial charge < -0.3 is 9.94 Å². The number of hydrogen-bond donors (Lipinski definition) is 1. The molecule has 0 fully saturated rings. The second-order valence-corrected chi connectivity index (χ2v) is 3.62. The van der Waals surface area contributed by atoms with Crippen LogP contribution in [0.3, 0.4) is 0 Å². The van der Waals surface area contributed by atoms with E-state index in [-0.39, 0.29) is 17.7 Å². The molecule has 1 aromatic rings. The van der Waals surface area contributed by atoms with Crippen molar-refractivity contribution in [3.8, 4) is 6.07 Å². The fraction of sp³-hybridized carbons (Fsp3) is 0.333. The summed E-state index contributed by atoms with van der Waals surface area (Å²) in [6.45, 7) is 0.291. The van der Waals surface area contributed by atoms with Gasteiger partial charge in [-0.05, 0) is 5.56 Å². The molecule has 0 bridgehead atoms. The van der Waals surface area contributed by atoms with Crippen LogP contribution in [0, 0.1) is 11.3 Å². The van der Waals surface area contributed by atoms with Crippen LogP contribution in [0.1, 0.15) is 17.9 Å². The van der Waals surface area contributed by atoms with E-state index >= 15 is 0 Å². The van der Waals surface area contributed by atoms with Crippen LogP contribution >= 0.6 is 11.6 Å². The van der Waals surface area contributed by atoms with E-state index in [1.165, 1.54) is 0 Å². The van der Waals surface area contributed by atoms with Crippen LogP contribution in [0.4, 0.5) is 0 Å². The predicted molar refractivity (Wildman–Crippen MR) is 65.3 cm³/mol. The van der Waals surface area contributed by atoms with Crippen LogP contribution in [0.15, 0.2) is 35.5 Å². The molecule has 0 saturated heterocycles. The van der Waals surface area contributed by atoms with Gasteiger partial charge in [0.15, 0.2) is 0 Å². The maximum Gasteiger partial charge on any atom is 0.240 e. The third-order valence-electron chi connectivity index (χ3n) is 2.26. The molecule has 17 heavy (non-hydrogen) atoms. The van der Waals surface area contributed by atoms with Gasteiger partial charge in [-0.25, -0.2) is 0 Å². The maximum atomic E-state index is 9.05. The van der Waals surface area contributed by atoms with Crippen molar-refractivity contribution in [1.29, 1.82) is 5.26 Å². The van der Waals surface area contributed by atoms with Crippen LogP contribution in [0.25, 0.3) is 0 Å². The summed E-state index contributed by atoms with van der Waals surface area (Å²) < 4.78 is 5.11. The molecule has 1 aromatic carbocycles. The summed E-state index contributed by atoms with van der Waals surface area (Å²) in [7, 11) is 0. The Morgan fingerprint density at radius 2 is 2.18 bits per heavy atom. The van der Waals surface area contributed by atoms with Crippen molar-refractivity contribution in [3.63, 3.8) is 0 Å². The minimum atomic E-state index is -0.230. The second-order valence-electron chi connectivity index (χ2n) is 3.36. The van der Waals surface area contributed by atoms with Gasteiger partial charge >= 0.3 is 0 Å².